The number of fused-ring (bicyclic) bond motifs is 2. The summed E-state index contributed by atoms with van der Waals surface area (Å²) >= 11 is 0. The first kappa shape index (κ1) is 15.6. The molecular weight excluding hydrogens is 275 g/mol. The summed E-state index contributed by atoms with van der Waals surface area (Å²) in [4.78, 5) is 0. The molecule has 1 fully saturated rings. The Labute approximate surface area is 133 Å². The average molecular weight is 302 g/mol. The molecule has 2 atom stereocenters. The number of hydrogen-bond acceptors (Lipinski definition) is 1. The molecule has 120 valence electrons. The van der Waals surface area contributed by atoms with Crippen molar-refractivity contribution in [2.75, 3.05) is 6.61 Å². The predicted octanol–water partition coefficient (Wildman–Crippen LogP) is 5.77. The SMILES string of the molecule is Cc1cc(C(C)C)c(OCC23CC=C(CC(C)C2)C3)cc1F. The molecule has 22 heavy (non-hydrogen) atoms. The first-order valence-electron chi connectivity index (χ1n) is 8.49. The number of benzene rings is 1. The molecule has 2 heteroatoms. The summed E-state index contributed by atoms with van der Waals surface area (Å²) in [5, 5.41) is 0. The van der Waals surface area contributed by atoms with Gasteiger partial charge in [0.2, 0.25) is 0 Å². The highest BCUT2D eigenvalue weighted by Crippen LogP contribution is 2.50. The second-order valence-corrected chi connectivity index (χ2v) is 7.84. The minimum Gasteiger partial charge on any atom is -0.493 e. The van der Waals surface area contributed by atoms with Crippen LogP contribution in [0.1, 0.15) is 63.5 Å². The van der Waals surface area contributed by atoms with Crippen LogP contribution in [0.2, 0.25) is 0 Å². The fourth-order valence-corrected chi connectivity index (χ4v) is 4.22. The Hall–Kier alpha value is -1.31. The van der Waals surface area contributed by atoms with Gasteiger partial charge in [-0.05, 0) is 61.6 Å². The highest BCUT2D eigenvalue weighted by molar-refractivity contribution is 5.40. The van der Waals surface area contributed by atoms with E-state index in [9.17, 15) is 4.39 Å². The zero-order chi connectivity index (χ0) is 15.9. The van der Waals surface area contributed by atoms with E-state index < -0.39 is 0 Å². The number of ether oxygens (including phenoxy) is 1. The average Bonchev–Trinajstić information content (AvgIpc) is 2.75. The summed E-state index contributed by atoms with van der Waals surface area (Å²) in [6.45, 7) is 9.13. The largest absolute Gasteiger partial charge is 0.493 e. The second-order valence-electron chi connectivity index (χ2n) is 7.84. The molecule has 2 unspecified atom stereocenters. The van der Waals surface area contributed by atoms with E-state index in [1.165, 1.54) is 19.3 Å². The minimum atomic E-state index is -0.167. The third-order valence-electron chi connectivity index (χ3n) is 5.26. The van der Waals surface area contributed by atoms with Crippen LogP contribution in [0.4, 0.5) is 4.39 Å². The molecule has 1 aromatic carbocycles. The van der Waals surface area contributed by atoms with Crippen molar-refractivity contribution in [3.8, 4) is 5.75 Å². The third-order valence-corrected chi connectivity index (χ3v) is 5.26. The van der Waals surface area contributed by atoms with Crippen molar-refractivity contribution in [3.63, 3.8) is 0 Å². The predicted molar refractivity (Wildman–Crippen MR) is 88.9 cm³/mol. The van der Waals surface area contributed by atoms with Crippen LogP contribution < -0.4 is 4.74 Å². The molecule has 2 aliphatic carbocycles. The number of aryl methyl sites for hydroxylation is 1. The van der Waals surface area contributed by atoms with Crippen molar-refractivity contribution in [1.29, 1.82) is 0 Å². The normalized spacial score (nSPS) is 27.2. The van der Waals surface area contributed by atoms with Crippen LogP contribution in [0.15, 0.2) is 23.8 Å². The van der Waals surface area contributed by atoms with Gasteiger partial charge in [0.15, 0.2) is 0 Å². The molecule has 0 heterocycles. The Balaban J connectivity index is 1.78. The number of hydrogen-bond donors (Lipinski definition) is 0. The Morgan fingerprint density at radius 1 is 1.36 bits per heavy atom. The molecule has 0 amide bonds. The zero-order valence-corrected chi connectivity index (χ0v) is 14.2. The fourth-order valence-electron chi connectivity index (χ4n) is 4.22. The summed E-state index contributed by atoms with van der Waals surface area (Å²) < 4.78 is 20.1. The highest BCUT2D eigenvalue weighted by Gasteiger charge is 2.40. The molecule has 2 aliphatic rings. The van der Waals surface area contributed by atoms with Gasteiger partial charge in [0, 0.05) is 11.5 Å². The van der Waals surface area contributed by atoms with Crippen LogP contribution in [0.25, 0.3) is 0 Å². The molecule has 0 aliphatic heterocycles. The Morgan fingerprint density at radius 3 is 2.86 bits per heavy atom. The number of halogens is 1. The van der Waals surface area contributed by atoms with E-state index in [1.807, 2.05) is 13.0 Å². The monoisotopic (exact) mass is 302 g/mol. The maximum atomic E-state index is 13.9. The van der Waals surface area contributed by atoms with Crippen LogP contribution in [0.5, 0.6) is 5.75 Å². The molecule has 0 N–H and O–H groups in total. The minimum absolute atomic E-state index is 0.167. The van der Waals surface area contributed by atoms with Crippen molar-refractivity contribution in [2.45, 2.75) is 59.3 Å². The summed E-state index contributed by atoms with van der Waals surface area (Å²) in [7, 11) is 0. The number of allylic oxidation sites excluding steroid dienone is 2. The fraction of sp³-hybridized carbons (Fsp3) is 0.600. The first-order chi connectivity index (χ1) is 10.4. The molecule has 1 nitrogen and oxygen atoms in total. The Morgan fingerprint density at radius 2 is 2.14 bits per heavy atom. The molecule has 0 radical (unpaired) electrons. The standard InChI is InChI=1S/C20H27FO/c1-13(2)17-8-15(4)18(21)9-19(17)22-12-20-6-5-16(11-20)7-14(3)10-20/h5,8-9,13-14H,6-7,10-12H2,1-4H3. The van der Waals surface area contributed by atoms with Crippen molar-refractivity contribution in [1.82, 2.24) is 0 Å². The van der Waals surface area contributed by atoms with Gasteiger partial charge in [-0.15, -0.1) is 0 Å². The highest BCUT2D eigenvalue weighted by atomic mass is 19.1. The van der Waals surface area contributed by atoms with E-state index in [1.54, 1.807) is 11.6 Å². The molecule has 1 aromatic rings. The van der Waals surface area contributed by atoms with Gasteiger partial charge in [0.1, 0.15) is 11.6 Å². The van der Waals surface area contributed by atoms with Gasteiger partial charge in [0.05, 0.1) is 6.61 Å². The number of rotatable bonds is 4. The smallest absolute Gasteiger partial charge is 0.129 e. The Kier molecular flexibility index (Phi) is 4.05. The van der Waals surface area contributed by atoms with E-state index in [-0.39, 0.29) is 11.2 Å². The van der Waals surface area contributed by atoms with E-state index in [0.717, 1.165) is 23.7 Å². The van der Waals surface area contributed by atoms with Gasteiger partial charge < -0.3 is 4.74 Å². The van der Waals surface area contributed by atoms with Crippen molar-refractivity contribution in [2.24, 2.45) is 11.3 Å². The van der Waals surface area contributed by atoms with E-state index in [2.05, 4.69) is 26.8 Å². The molecule has 1 saturated carbocycles. The molecule has 0 saturated heterocycles. The summed E-state index contributed by atoms with van der Waals surface area (Å²) in [5.41, 5.74) is 3.67. The van der Waals surface area contributed by atoms with Crippen LogP contribution in [0, 0.1) is 24.1 Å². The van der Waals surface area contributed by atoms with Crippen LogP contribution in [-0.2, 0) is 0 Å². The lowest BCUT2D eigenvalue weighted by Gasteiger charge is -2.36. The van der Waals surface area contributed by atoms with Gasteiger partial charge in [-0.2, -0.15) is 0 Å². The quantitative estimate of drug-likeness (QED) is 0.641. The van der Waals surface area contributed by atoms with E-state index in [0.29, 0.717) is 18.1 Å². The van der Waals surface area contributed by atoms with Crippen molar-refractivity contribution < 1.29 is 9.13 Å². The Bertz CT molecular complexity index is 602. The van der Waals surface area contributed by atoms with Crippen LogP contribution in [0.3, 0.4) is 0 Å². The molecule has 0 spiro atoms. The summed E-state index contributed by atoms with van der Waals surface area (Å²) in [6, 6.07) is 3.52. The maximum Gasteiger partial charge on any atom is 0.129 e. The lowest BCUT2D eigenvalue weighted by atomic mass is 9.72. The molecular formula is C20H27FO. The zero-order valence-electron chi connectivity index (χ0n) is 14.2. The first-order valence-corrected chi connectivity index (χ1v) is 8.49. The molecule has 3 rings (SSSR count). The van der Waals surface area contributed by atoms with E-state index >= 15 is 0 Å². The van der Waals surface area contributed by atoms with Crippen LogP contribution >= 0.6 is 0 Å². The lowest BCUT2D eigenvalue weighted by Crippen LogP contribution is -2.31. The van der Waals surface area contributed by atoms with Gasteiger partial charge in [-0.25, -0.2) is 4.39 Å². The molecule has 2 bridgehead atoms. The summed E-state index contributed by atoms with van der Waals surface area (Å²) in [5.74, 6) is 1.65. The van der Waals surface area contributed by atoms with Gasteiger partial charge in [-0.3, -0.25) is 0 Å². The van der Waals surface area contributed by atoms with Gasteiger partial charge in [-0.1, -0.05) is 32.4 Å². The molecule has 0 aromatic heterocycles. The second kappa shape index (κ2) is 5.72. The van der Waals surface area contributed by atoms with Crippen molar-refractivity contribution in [3.05, 3.63) is 40.7 Å². The topological polar surface area (TPSA) is 9.23 Å². The maximum absolute atomic E-state index is 13.9. The third kappa shape index (κ3) is 2.93. The summed E-state index contributed by atoms with van der Waals surface area (Å²) in [6.07, 6.45) is 7.17. The van der Waals surface area contributed by atoms with Crippen molar-refractivity contribution >= 4 is 0 Å². The van der Waals surface area contributed by atoms with E-state index in [4.69, 9.17) is 4.74 Å². The van der Waals surface area contributed by atoms with Crippen LogP contribution in [-0.4, -0.2) is 6.61 Å². The lowest BCUT2D eigenvalue weighted by molar-refractivity contribution is 0.110. The van der Waals surface area contributed by atoms with Gasteiger partial charge in [0.25, 0.3) is 0 Å². The van der Waals surface area contributed by atoms with Gasteiger partial charge >= 0.3 is 0 Å².